The van der Waals surface area contributed by atoms with E-state index in [1.807, 2.05) is 6.07 Å². The van der Waals surface area contributed by atoms with Crippen molar-refractivity contribution in [2.45, 2.75) is 36.9 Å². The molecular formula is C23H26FN7O2S. The molecule has 3 aromatic rings. The van der Waals surface area contributed by atoms with Gasteiger partial charge in [0, 0.05) is 30.8 Å². The van der Waals surface area contributed by atoms with Crippen molar-refractivity contribution in [1.82, 2.24) is 30.4 Å². The van der Waals surface area contributed by atoms with E-state index in [0.29, 0.717) is 47.2 Å². The quantitative estimate of drug-likeness (QED) is 0.524. The number of rotatable bonds is 7. The first-order valence-electron chi connectivity index (χ1n) is 11.3. The zero-order valence-corrected chi connectivity index (χ0v) is 19.7. The van der Waals surface area contributed by atoms with Gasteiger partial charge < -0.3 is 20.3 Å². The SMILES string of the molecule is COc1ccc2ncc(F)c(CCN3CCC(NCc4cc5c(nn4)SCC(=O)N5)CC3)c2n1. The summed E-state index contributed by atoms with van der Waals surface area (Å²) in [6, 6.07) is 5.81. The molecule has 0 atom stereocenters. The van der Waals surface area contributed by atoms with Crippen molar-refractivity contribution in [3.05, 3.63) is 41.5 Å². The molecular weight excluding hydrogens is 457 g/mol. The highest BCUT2D eigenvalue weighted by Crippen LogP contribution is 2.29. The van der Waals surface area contributed by atoms with E-state index in [0.717, 1.165) is 48.9 Å². The highest BCUT2D eigenvalue weighted by atomic mass is 32.2. The van der Waals surface area contributed by atoms with Gasteiger partial charge in [0.1, 0.15) is 10.8 Å². The monoisotopic (exact) mass is 483 g/mol. The lowest BCUT2D eigenvalue weighted by Gasteiger charge is -2.32. The number of ether oxygens (including phenoxy) is 1. The van der Waals surface area contributed by atoms with Crippen LogP contribution in [0.25, 0.3) is 11.0 Å². The van der Waals surface area contributed by atoms with Gasteiger partial charge in [0.2, 0.25) is 11.8 Å². The smallest absolute Gasteiger partial charge is 0.234 e. The Hall–Kier alpha value is -2.89. The van der Waals surface area contributed by atoms with Crippen LogP contribution in [0.1, 0.15) is 24.1 Å². The summed E-state index contributed by atoms with van der Waals surface area (Å²) in [5.41, 5.74) is 3.37. The first-order chi connectivity index (χ1) is 16.6. The van der Waals surface area contributed by atoms with E-state index in [9.17, 15) is 9.18 Å². The molecule has 5 rings (SSSR count). The normalized spacial score (nSPS) is 16.9. The number of pyridine rings is 2. The molecule has 2 aliphatic heterocycles. The molecule has 2 aliphatic rings. The van der Waals surface area contributed by atoms with E-state index in [1.54, 1.807) is 19.2 Å². The zero-order valence-electron chi connectivity index (χ0n) is 18.9. The van der Waals surface area contributed by atoms with Crippen LogP contribution in [0.4, 0.5) is 10.1 Å². The summed E-state index contributed by atoms with van der Waals surface area (Å²) in [5, 5.41) is 15.7. The van der Waals surface area contributed by atoms with E-state index >= 15 is 0 Å². The number of thioether (sulfide) groups is 1. The molecule has 178 valence electrons. The number of fused-ring (bicyclic) bond motifs is 2. The second kappa shape index (κ2) is 10.2. The third-order valence-corrected chi connectivity index (χ3v) is 7.19. The predicted octanol–water partition coefficient (Wildman–Crippen LogP) is 2.41. The maximum absolute atomic E-state index is 14.6. The highest BCUT2D eigenvalue weighted by Gasteiger charge is 2.21. The first kappa shape index (κ1) is 22.9. The summed E-state index contributed by atoms with van der Waals surface area (Å²) in [6.45, 7) is 3.23. The van der Waals surface area contributed by atoms with Gasteiger partial charge in [0.25, 0.3) is 0 Å². The van der Waals surface area contributed by atoms with Gasteiger partial charge in [-0.25, -0.2) is 9.37 Å². The maximum atomic E-state index is 14.6. The Morgan fingerprint density at radius 1 is 1.29 bits per heavy atom. The van der Waals surface area contributed by atoms with Crippen molar-refractivity contribution in [3.63, 3.8) is 0 Å². The average molecular weight is 484 g/mol. The van der Waals surface area contributed by atoms with Crippen molar-refractivity contribution in [3.8, 4) is 5.88 Å². The molecule has 0 unspecified atom stereocenters. The largest absolute Gasteiger partial charge is 0.481 e. The molecule has 5 heterocycles. The number of nitrogens with one attached hydrogen (secondary N) is 2. The Bertz CT molecular complexity index is 1200. The van der Waals surface area contributed by atoms with Crippen LogP contribution in [-0.2, 0) is 17.8 Å². The van der Waals surface area contributed by atoms with Crippen LogP contribution in [0.3, 0.4) is 0 Å². The van der Waals surface area contributed by atoms with Crippen molar-refractivity contribution in [1.29, 1.82) is 0 Å². The Balaban J connectivity index is 1.13. The Morgan fingerprint density at radius 3 is 2.97 bits per heavy atom. The summed E-state index contributed by atoms with van der Waals surface area (Å²) in [6.07, 6.45) is 3.83. The summed E-state index contributed by atoms with van der Waals surface area (Å²) in [5.74, 6) is 0.502. The summed E-state index contributed by atoms with van der Waals surface area (Å²) < 4.78 is 19.8. The third kappa shape index (κ3) is 5.11. The van der Waals surface area contributed by atoms with Crippen molar-refractivity contribution >= 4 is 34.4 Å². The third-order valence-electron chi connectivity index (χ3n) is 6.21. The number of piperidine rings is 1. The average Bonchev–Trinajstić information content (AvgIpc) is 2.87. The van der Waals surface area contributed by atoms with Crippen molar-refractivity contribution in [2.24, 2.45) is 0 Å². The number of aromatic nitrogens is 4. The fourth-order valence-corrected chi connectivity index (χ4v) is 5.04. The fourth-order valence-electron chi connectivity index (χ4n) is 4.33. The molecule has 1 saturated heterocycles. The number of hydrogen-bond donors (Lipinski definition) is 2. The van der Waals surface area contributed by atoms with E-state index in [1.165, 1.54) is 18.0 Å². The first-order valence-corrected chi connectivity index (χ1v) is 12.3. The molecule has 11 heteroatoms. The summed E-state index contributed by atoms with van der Waals surface area (Å²) in [7, 11) is 1.55. The summed E-state index contributed by atoms with van der Waals surface area (Å²) in [4.78, 5) is 22.5. The summed E-state index contributed by atoms with van der Waals surface area (Å²) >= 11 is 1.41. The number of carbonyl (C=O) groups is 1. The Kier molecular flexibility index (Phi) is 6.84. The van der Waals surface area contributed by atoms with Gasteiger partial charge in [0.15, 0.2) is 0 Å². The molecule has 0 spiro atoms. The molecule has 2 N–H and O–H groups in total. The maximum Gasteiger partial charge on any atom is 0.234 e. The van der Waals surface area contributed by atoms with Gasteiger partial charge in [-0.3, -0.25) is 9.78 Å². The minimum Gasteiger partial charge on any atom is -0.481 e. The zero-order chi connectivity index (χ0) is 23.5. The number of carbonyl (C=O) groups excluding carboxylic acids is 1. The molecule has 34 heavy (non-hydrogen) atoms. The van der Waals surface area contributed by atoms with Crippen molar-refractivity contribution in [2.75, 3.05) is 37.8 Å². The van der Waals surface area contributed by atoms with Crippen LogP contribution in [0.5, 0.6) is 5.88 Å². The second-order valence-corrected chi connectivity index (χ2v) is 9.41. The number of likely N-dealkylation sites (tertiary alicyclic amines) is 1. The van der Waals surface area contributed by atoms with Gasteiger partial charge in [-0.05, 0) is 44.5 Å². The number of anilines is 1. The molecule has 0 aromatic carbocycles. The minimum absolute atomic E-state index is 0.00801. The van der Waals surface area contributed by atoms with Crippen molar-refractivity contribution < 1.29 is 13.9 Å². The molecule has 3 aromatic heterocycles. The van der Waals surface area contributed by atoms with Crippen LogP contribution in [-0.4, -0.2) is 69.5 Å². The van der Waals surface area contributed by atoms with Crippen LogP contribution >= 0.6 is 11.8 Å². The predicted molar refractivity (Wildman–Crippen MR) is 127 cm³/mol. The molecule has 0 aliphatic carbocycles. The number of hydrogen-bond acceptors (Lipinski definition) is 9. The Labute approximate surface area is 200 Å². The molecule has 9 nitrogen and oxygen atoms in total. The second-order valence-electron chi connectivity index (χ2n) is 8.44. The van der Waals surface area contributed by atoms with Gasteiger partial charge >= 0.3 is 0 Å². The minimum atomic E-state index is -0.328. The van der Waals surface area contributed by atoms with Gasteiger partial charge in [-0.1, -0.05) is 11.8 Å². The van der Waals surface area contributed by atoms with Gasteiger partial charge in [-0.15, -0.1) is 5.10 Å². The van der Waals surface area contributed by atoms with Crippen LogP contribution < -0.4 is 15.4 Å². The number of methoxy groups -OCH3 is 1. The van der Waals surface area contributed by atoms with Gasteiger partial charge in [-0.2, -0.15) is 5.10 Å². The lowest BCUT2D eigenvalue weighted by atomic mass is 10.0. The fraction of sp³-hybridized carbons (Fsp3) is 0.435. The van der Waals surface area contributed by atoms with Crippen LogP contribution in [0.15, 0.2) is 29.4 Å². The lowest BCUT2D eigenvalue weighted by Crippen LogP contribution is -2.43. The van der Waals surface area contributed by atoms with E-state index in [-0.39, 0.29) is 11.7 Å². The number of halogens is 1. The topological polar surface area (TPSA) is 105 Å². The lowest BCUT2D eigenvalue weighted by molar-refractivity contribution is -0.113. The van der Waals surface area contributed by atoms with E-state index in [4.69, 9.17) is 4.74 Å². The van der Waals surface area contributed by atoms with E-state index in [2.05, 4.69) is 35.7 Å². The standard InChI is InChI=1S/C23H26FN7O2S/c1-33-21-3-2-18-22(28-21)16(17(24)12-26-18)6-9-31-7-4-14(5-8-31)25-11-15-10-19-23(30-29-15)34-13-20(32)27-19/h2-3,10,12,14,25H,4-9,11,13H2,1H3,(H,27,32). The number of amides is 1. The molecule has 1 amide bonds. The van der Waals surface area contributed by atoms with Gasteiger partial charge in [0.05, 0.1) is 41.5 Å². The Morgan fingerprint density at radius 2 is 2.15 bits per heavy atom. The molecule has 0 radical (unpaired) electrons. The highest BCUT2D eigenvalue weighted by molar-refractivity contribution is 8.00. The molecule has 0 bridgehead atoms. The van der Waals surface area contributed by atoms with Crippen LogP contribution in [0, 0.1) is 5.82 Å². The van der Waals surface area contributed by atoms with E-state index < -0.39 is 0 Å². The molecule has 1 fully saturated rings. The van der Waals surface area contributed by atoms with Crippen LogP contribution in [0.2, 0.25) is 0 Å². The molecule has 0 saturated carbocycles. The number of nitrogens with zero attached hydrogens (tertiary/aromatic N) is 5.